The van der Waals surface area contributed by atoms with Crippen LogP contribution >= 0.6 is 0 Å². The molecule has 0 unspecified atom stereocenters. The van der Waals surface area contributed by atoms with E-state index in [4.69, 9.17) is 10.5 Å². The Balaban J connectivity index is 2.33. The second-order valence-corrected chi connectivity index (χ2v) is 5.14. The number of aromatic nitrogens is 3. The SMILES string of the molecule is COCCc1ccccc1-n1cc(C(C)(C)N)nn1. The van der Waals surface area contributed by atoms with Crippen molar-refractivity contribution in [3.05, 3.63) is 41.7 Å². The first kappa shape index (κ1) is 13.7. The van der Waals surface area contributed by atoms with Gasteiger partial charge in [0.1, 0.15) is 5.69 Å². The quantitative estimate of drug-likeness (QED) is 0.887. The van der Waals surface area contributed by atoms with E-state index >= 15 is 0 Å². The number of hydrogen-bond donors (Lipinski definition) is 1. The second kappa shape index (κ2) is 5.50. The van der Waals surface area contributed by atoms with Gasteiger partial charge >= 0.3 is 0 Å². The molecule has 0 fully saturated rings. The molecule has 2 aromatic rings. The highest BCUT2D eigenvalue weighted by Crippen LogP contribution is 2.18. The summed E-state index contributed by atoms with van der Waals surface area (Å²) in [6.45, 7) is 4.51. The van der Waals surface area contributed by atoms with Gasteiger partial charge in [-0.25, -0.2) is 4.68 Å². The van der Waals surface area contributed by atoms with Crippen molar-refractivity contribution in [3.63, 3.8) is 0 Å². The molecule has 2 rings (SSSR count). The molecule has 1 aromatic carbocycles. The summed E-state index contributed by atoms with van der Waals surface area (Å²) in [5.74, 6) is 0. The van der Waals surface area contributed by atoms with Gasteiger partial charge in [0.25, 0.3) is 0 Å². The van der Waals surface area contributed by atoms with Crippen LogP contribution in [-0.2, 0) is 16.7 Å². The lowest BCUT2D eigenvalue weighted by atomic mass is 10.0. The topological polar surface area (TPSA) is 66.0 Å². The Labute approximate surface area is 113 Å². The minimum absolute atomic E-state index is 0.486. The first-order chi connectivity index (χ1) is 9.02. The summed E-state index contributed by atoms with van der Waals surface area (Å²) in [5.41, 5.74) is 8.51. The molecule has 2 N–H and O–H groups in total. The van der Waals surface area contributed by atoms with Crippen LogP contribution in [0.2, 0.25) is 0 Å². The molecule has 0 spiro atoms. The van der Waals surface area contributed by atoms with Crippen LogP contribution in [0.1, 0.15) is 25.1 Å². The zero-order chi connectivity index (χ0) is 13.9. The maximum absolute atomic E-state index is 6.03. The molecule has 1 heterocycles. The summed E-state index contributed by atoms with van der Waals surface area (Å²) in [6, 6.07) is 8.09. The van der Waals surface area contributed by atoms with Crippen LogP contribution in [0.4, 0.5) is 0 Å². The van der Waals surface area contributed by atoms with E-state index in [1.165, 1.54) is 5.56 Å². The van der Waals surface area contributed by atoms with Crippen LogP contribution in [0, 0.1) is 0 Å². The van der Waals surface area contributed by atoms with Crippen molar-refractivity contribution < 1.29 is 4.74 Å². The van der Waals surface area contributed by atoms with Gasteiger partial charge < -0.3 is 10.5 Å². The van der Waals surface area contributed by atoms with Gasteiger partial charge in [0.05, 0.1) is 24.0 Å². The second-order valence-electron chi connectivity index (χ2n) is 5.14. The Hall–Kier alpha value is -1.72. The Bertz CT molecular complexity index is 542. The number of rotatable bonds is 5. The predicted octanol–water partition coefficient (Wildman–Crippen LogP) is 1.65. The largest absolute Gasteiger partial charge is 0.384 e. The van der Waals surface area contributed by atoms with Crippen molar-refractivity contribution in [3.8, 4) is 5.69 Å². The number of methoxy groups -OCH3 is 1. The summed E-state index contributed by atoms with van der Waals surface area (Å²) >= 11 is 0. The highest BCUT2D eigenvalue weighted by atomic mass is 16.5. The first-order valence-corrected chi connectivity index (χ1v) is 6.31. The van der Waals surface area contributed by atoms with E-state index in [9.17, 15) is 0 Å². The van der Waals surface area contributed by atoms with Crippen LogP contribution in [0.25, 0.3) is 5.69 Å². The average molecular weight is 260 g/mol. The van der Waals surface area contributed by atoms with Gasteiger partial charge in [-0.1, -0.05) is 23.4 Å². The van der Waals surface area contributed by atoms with E-state index in [0.717, 1.165) is 17.8 Å². The van der Waals surface area contributed by atoms with Crippen molar-refractivity contribution in [1.82, 2.24) is 15.0 Å². The molecule has 0 aliphatic carbocycles. The van der Waals surface area contributed by atoms with Crippen molar-refractivity contribution in [2.45, 2.75) is 25.8 Å². The lowest BCUT2D eigenvalue weighted by Crippen LogP contribution is -2.29. The van der Waals surface area contributed by atoms with Crippen LogP contribution in [0.15, 0.2) is 30.5 Å². The van der Waals surface area contributed by atoms with Gasteiger partial charge in [-0.2, -0.15) is 0 Å². The molecule has 5 nitrogen and oxygen atoms in total. The minimum Gasteiger partial charge on any atom is -0.384 e. The Morgan fingerprint density at radius 3 is 2.68 bits per heavy atom. The van der Waals surface area contributed by atoms with E-state index in [0.29, 0.717) is 6.61 Å². The maximum Gasteiger partial charge on any atom is 0.102 e. The molecule has 0 bridgehead atoms. The van der Waals surface area contributed by atoms with Gasteiger partial charge in [-0.05, 0) is 31.9 Å². The fourth-order valence-corrected chi connectivity index (χ4v) is 1.83. The van der Waals surface area contributed by atoms with E-state index in [2.05, 4.69) is 16.4 Å². The zero-order valence-electron chi connectivity index (χ0n) is 11.6. The van der Waals surface area contributed by atoms with Crippen LogP contribution in [0.3, 0.4) is 0 Å². The van der Waals surface area contributed by atoms with Crippen LogP contribution in [-0.4, -0.2) is 28.7 Å². The third kappa shape index (κ3) is 3.19. The zero-order valence-corrected chi connectivity index (χ0v) is 11.6. The monoisotopic (exact) mass is 260 g/mol. The number of benzene rings is 1. The minimum atomic E-state index is -0.486. The summed E-state index contributed by atoms with van der Waals surface area (Å²) in [5, 5.41) is 8.31. The third-order valence-electron chi connectivity index (χ3n) is 2.97. The molecule has 0 atom stereocenters. The predicted molar refractivity (Wildman–Crippen MR) is 74.2 cm³/mol. The van der Waals surface area contributed by atoms with Crippen molar-refractivity contribution in [2.75, 3.05) is 13.7 Å². The molecule has 102 valence electrons. The van der Waals surface area contributed by atoms with Crippen LogP contribution in [0.5, 0.6) is 0 Å². The smallest absolute Gasteiger partial charge is 0.102 e. The molecule has 0 aliphatic heterocycles. The Morgan fingerprint density at radius 2 is 2.05 bits per heavy atom. The summed E-state index contributed by atoms with van der Waals surface area (Å²) in [4.78, 5) is 0. The van der Waals surface area contributed by atoms with Gasteiger partial charge in [-0.3, -0.25) is 0 Å². The molecule has 5 heteroatoms. The molecule has 0 aliphatic rings. The Morgan fingerprint density at radius 1 is 1.32 bits per heavy atom. The van der Waals surface area contributed by atoms with Crippen molar-refractivity contribution in [1.29, 1.82) is 0 Å². The third-order valence-corrected chi connectivity index (χ3v) is 2.97. The normalized spacial score (nSPS) is 11.8. The molecule has 0 radical (unpaired) electrons. The Kier molecular flexibility index (Phi) is 3.97. The highest BCUT2D eigenvalue weighted by Gasteiger charge is 2.19. The van der Waals surface area contributed by atoms with Crippen LogP contribution < -0.4 is 5.73 Å². The van der Waals surface area contributed by atoms with E-state index in [1.54, 1.807) is 11.8 Å². The average Bonchev–Trinajstić information content (AvgIpc) is 2.86. The van der Waals surface area contributed by atoms with Crippen molar-refractivity contribution in [2.24, 2.45) is 5.73 Å². The number of nitrogens with zero attached hydrogens (tertiary/aromatic N) is 3. The number of para-hydroxylation sites is 1. The molecule has 1 aromatic heterocycles. The number of nitrogens with two attached hydrogens (primary N) is 1. The maximum atomic E-state index is 6.03. The summed E-state index contributed by atoms with van der Waals surface area (Å²) in [7, 11) is 1.70. The lowest BCUT2D eigenvalue weighted by molar-refractivity contribution is 0.202. The molecule has 0 amide bonds. The van der Waals surface area contributed by atoms with E-state index in [-0.39, 0.29) is 0 Å². The standard InChI is InChI=1S/C14H20N4O/c1-14(2,15)13-10-18(17-16-13)12-7-5-4-6-11(12)8-9-19-3/h4-7,10H,8-9,15H2,1-3H3. The van der Waals surface area contributed by atoms with Gasteiger partial charge in [0.15, 0.2) is 0 Å². The molecular weight excluding hydrogens is 240 g/mol. The molecule has 0 saturated carbocycles. The van der Waals surface area contributed by atoms with Gasteiger partial charge in [-0.15, -0.1) is 5.10 Å². The van der Waals surface area contributed by atoms with Gasteiger partial charge in [0.2, 0.25) is 0 Å². The van der Waals surface area contributed by atoms with Crippen molar-refractivity contribution >= 4 is 0 Å². The van der Waals surface area contributed by atoms with E-state index < -0.39 is 5.54 Å². The number of hydrogen-bond acceptors (Lipinski definition) is 4. The molecular formula is C14H20N4O. The van der Waals surface area contributed by atoms with Gasteiger partial charge in [0, 0.05) is 7.11 Å². The fourth-order valence-electron chi connectivity index (χ4n) is 1.83. The van der Waals surface area contributed by atoms with E-state index in [1.807, 2.05) is 38.2 Å². The lowest BCUT2D eigenvalue weighted by Gasteiger charge is -2.13. The highest BCUT2D eigenvalue weighted by molar-refractivity contribution is 5.40. The summed E-state index contributed by atoms with van der Waals surface area (Å²) in [6.07, 6.45) is 2.72. The molecule has 19 heavy (non-hydrogen) atoms. The summed E-state index contributed by atoms with van der Waals surface area (Å²) < 4.78 is 6.90. The molecule has 0 saturated heterocycles. The fraction of sp³-hybridized carbons (Fsp3) is 0.429. The number of ether oxygens (including phenoxy) is 1. The first-order valence-electron chi connectivity index (χ1n) is 6.31.